The van der Waals surface area contributed by atoms with Crippen LogP contribution in [-0.2, 0) is 12.3 Å². The summed E-state index contributed by atoms with van der Waals surface area (Å²) < 4.78 is 5.28. The van der Waals surface area contributed by atoms with Crippen molar-refractivity contribution in [2.24, 2.45) is 0 Å². The minimum atomic E-state index is 0.00289. The van der Waals surface area contributed by atoms with Crippen molar-refractivity contribution >= 4 is 17.7 Å². The Labute approximate surface area is 154 Å². The highest BCUT2D eigenvalue weighted by atomic mass is 32.2. The van der Waals surface area contributed by atoms with Crippen LogP contribution in [0.25, 0.3) is 0 Å². The summed E-state index contributed by atoms with van der Waals surface area (Å²) in [7, 11) is 0. The number of piperidine rings is 1. The molecule has 0 atom stereocenters. The smallest absolute Gasteiger partial charge is 0.251 e. The molecule has 2 heterocycles. The van der Waals surface area contributed by atoms with Gasteiger partial charge in [0, 0.05) is 24.4 Å². The highest BCUT2D eigenvalue weighted by Crippen LogP contribution is 2.14. The van der Waals surface area contributed by atoms with Gasteiger partial charge in [0.1, 0.15) is 5.76 Å². The Bertz CT molecular complexity index is 634. The molecule has 134 valence electrons. The van der Waals surface area contributed by atoms with Crippen LogP contribution < -0.4 is 5.32 Å². The van der Waals surface area contributed by atoms with Crippen molar-refractivity contribution in [2.45, 2.75) is 31.6 Å². The van der Waals surface area contributed by atoms with Gasteiger partial charge in [0.05, 0.1) is 12.0 Å². The normalized spacial score (nSPS) is 15.2. The minimum Gasteiger partial charge on any atom is -0.468 e. The lowest BCUT2D eigenvalue weighted by Crippen LogP contribution is -2.29. The number of nitrogens with zero attached hydrogens (tertiary/aromatic N) is 1. The molecule has 0 spiro atoms. The monoisotopic (exact) mass is 358 g/mol. The molecule has 0 saturated carbocycles. The molecule has 2 aromatic rings. The number of amides is 1. The van der Waals surface area contributed by atoms with Crippen LogP contribution in [0.3, 0.4) is 0 Å². The molecule has 1 amide bonds. The molecule has 25 heavy (non-hydrogen) atoms. The first kappa shape index (κ1) is 18.1. The van der Waals surface area contributed by atoms with Crippen molar-refractivity contribution < 1.29 is 9.21 Å². The number of hydrogen-bond donors (Lipinski definition) is 1. The average molecular weight is 359 g/mol. The summed E-state index contributed by atoms with van der Waals surface area (Å²) >= 11 is 1.76. The Kier molecular flexibility index (Phi) is 7.00. The van der Waals surface area contributed by atoms with Gasteiger partial charge in [-0.25, -0.2) is 0 Å². The number of rotatable bonds is 8. The van der Waals surface area contributed by atoms with Gasteiger partial charge in [-0.2, -0.15) is 11.8 Å². The van der Waals surface area contributed by atoms with Crippen molar-refractivity contribution in [2.75, 3.05) is 25.4 Å². The summed E-state index contributed by atoms with van der Waals surface area (Å²) in [5.74, 6) is 2.69. The third kappa shape index (κ3) is 5.94. The Morgan fingerprint density at radius 3 is 2.64 bits per heavy atom. The SMILES string of the molecule is O=C(NCCSCc1ccco1)c1ccc(CN2CCCCC2)cc1. The third-order valence-corrected chi connectivity index (χ3v) is 5.41. The zero-order chi connectivity index (χ0) is 17.3. The fourth-order valence-corrected chi connectivity index (χ4v) is 3.80. The zero-order valence-corrected chi connectivity index (χ0v) is 15.4. The molecule has 1 aliphatic heterocycles. The van der Waals surface area contributed by atoms with E-state index < -0.39 is 0 Å². The van der Waals surface area contributed by atoms with E-state index >= 15 is 0 Å². The lowest BCUT2D eigenvalue weighted by atomic mass is 10.1. The summed E-state index contributed by atoms with van der Waals surface area (Å²) in [5, 5.41) is 2.98. The van der Waals surface area contributed by atoms with Gasteiger partial charge in [-0.1, -0.05) is 18.6 Å². The van der Waals surface area contributed by atoms with E-state index in [1.807, 2.05) is 24.3 Å². The predicted octanol–water partition coefficient (Wildman–Crippen LogP) is 3.93. The summed E-state index contributed by atoms with van der Waals surface area (Å²) in [4.78, 5) is 14.7. The van der Waals surface area contributed by atoms with Crippen LogP contribution in [0.1, 0.15) is 40.9 Å². The molecule has 0 unspecified atom stereocenters. The van der Waals surface area contributed by atoms with E-state index in [1.54, 1.807) is 18.0 Å². The number of furan rings is 1. The molecule has 4 nitrogen and oxygen atoms in total. The van der Waals surface area contributed by atoms with Crippen LogP contribution in [0, 0.1) is 0 Å². The van der Waals surface area contributed by atoms with Crippen molar-refractivity contribution in [1.29, 1.82) is 0 Å². The van der Waals surface area contributed by atoms with E-state index in [0.717, 1.165) is 29.4 Å². The van der Waals surface area contributed by atoms with Gasteiger partial charge in [-0.3, -0.25) is 9.69 Å². The summed E-state index contributed by atoms with van der Waals surface area (Å²) in [6, 6.07) is 11.9. The quantitative estimate of drug-likeness (QED) is 0.726. The first-order valence-electron chi connectivity index (χ1n) is 9.01. The molecule has 1 aromatic carbocycles. The van der Waals surface area contributed by atoms with Crippen molar-refractivity contribution in [3.05, 3.63) is 59.5 Å². The zero-order valence-electron chi connectivity index (χ0n) is 14.6. The topological polar surface area (TPSA) is 45.5 Å². The van der Waals surface area contributed by atoms with Gasteiger partial charge in [0.15, 0.2) is 0 Å². The van der Waals surface area contributed by atoms with Crippen LogP contribution in [0.15, 0.2) is 47.1 Å². The maximum absolute atomic E-state index is 12.2. The Balaban J connectivity index is 1.36. The lowest BCUT2D eigenvalue weighted by Gasteiger charge is -2.26. The van der Waals surface area contributed by atoms with Crippen LogP contribution in [-0.4, -0.2) is 36.2 Å². The largest absolute Gasteiger partial charge is 0.468 e. The minimum absolute atomic E-state index is 0.00289. The molecule has 5 heteroatoms. The van der Waals surface area contributed by atoms with Crippen molar-refractivity contribution in [1.82, 2.24) is 10.2 Å². The first-order chi connectivity index (χ1) is 12.3. The predicted molar refractivity (Wildman–Crippen MR) is 103 cm³/mol. The van der Waals surface area contributed by atoms with E-state index in [4.69, 9.17) is 4.42 Å². The van der Waals surface area contributed by atoms with E-state index in [1.165, 1.54) is 37.9 Å². The highest BCUT2D eigenvalue weighted by Gasteiger charge is 2.11. The molecule has 0 bridgehead atoms. The maximum atomic E-state index is 12.2. The van der Waals surface area contributed by atoms with E-state index in [-0.39, 0.29) is 5.91 Å². The average Bonchev–Trinajstić information content (AvgIpc) is 3.16. The number of benzene rings is 1. The molecule has 3 rings (SSSR count). The second-order valence-corrected chi connectivity index (χ2v) is 7.53. The fraction of sp³-hybridized carbons (Fsp3) is 0.450. The number of likely N-dealkylation sites (tertiary alicyclic amines) is 1. The highest BCUT2D eigenvalue weighted by molar-refractivity contribution is 7.98. The van der Waals surface area contributed by atoms with E-state index in [2.05, 4.69) is 22.3 Å². The lowest BCUT2D eigenvalue weighted by molar-refractivity contribution is 0.0956. The van der Waals surface area contributed by atoms with Gasteiger partial charge < -0.3 is 9.73 Å². The van der Waals surface area contributed by atoms with Crippen molar-refractivity contribution in [3.8, 4) is 0 Å². The second-order valence-electron chi connectivity index (χ2n) is 6.42. The van der Waals surface area contributed by atoms with Crippen LogP contribution in [0.4, 0.5) is 0 Å². The molecule has 1 fully saturated rings. The Hall–Kier alpha value is -1.72. The second kappa shape index (κ2) is 9.68. The molecular weight excluding hydrogens is 332 g/mol. The molecule has 1 aromatic heterocycles. The Morgan fingerprint density at radius 1 is 1.12 bits per heavy atom. The summed E-state index contributed by atoms with van der Waals surface area (Å²) in [6.45, 7) is 4.04. The van der Waals surface area contributed by atoms with Crippen LogP contribution >= 0.6 is 11.8 Å². The molecule has 1 N–H and O–H groups in total. The molecule has 0 radical (unpaired) electrons. The van der Waals surface area contributed by atoms with Crippen molar-refractivity contribution in [3.63, 3.8) is 0 Å². The fourth-order valence-electron chi connectivity index (χ4n) is 3.04. The van der Waals surface area contributed by atoms with E-state index in [9.17, 15) is 4.79 Å². The van der Waals surface area contributed by atoms with Gasteiger partial charge in [-0.05, 0) is 55.8 Å². The summed E-state index contributed by atoms with van der Waals surface area (Å²) in [6.07, 6.45) is 5.65. The number of thioether (sulfide) groups is 1. The summed E-state index contributed by atoms with van der Waals surface area (Å²) in [5.41, 5.74) is 2.02. The van der Waals surface area contributed by atoms with E-state index in [0.29, 0.717) is 6.54 Å². The number of hydrogen-bond acceptors (Lipinski definition) is 4. The maximum Gasteiger partial charge on any atom is 0.251 e. The third-order valence-electron chi connectivity index (χ3n) is 4.43. The number of nitrogens with one attached hydrogen (secondary N) is 1. The molecule has 0 aliphatic carbocycles. The Morgan fingerprint density at radius 2 is 1.92 bits per heavy atom. The van der Waals surface area contributed by atoms with Crippen LogP contribution in [0.2, 0.25) is 0 Å². The van der Waals surface area contributed by atoms with Gasteiger partial charge >= 0.3 is 0 Å². The first-order valence-corrected chi connectivity index (χ1v) is 10.2. The van der Waals surface area contributed by atoms with Gasteiger partial charge in [0.25, 0.3) is 5.91 Å². The number of carbonyl (C=O) groups excluding carboxylic acids is 1. The molecule has 1 aliphatic rings. The molecule has 1 saturated heterocycles. The standard InChI is InChI=1S/C20H26N2O2S/c23-20(21-10-14-25-16-19-5-4-13-24-19)18-8-6-17(7-9-18)15-22-11-2-1-3-12-22/h4-9,13H,1-3,10-12,14-16H2,(H,21,23). The van der Waals surface area contributed by atoms with Gasteiger partial charge in [-0.15, -0.1) is 0 Å². The molecular formula is C20H26N2O2S. The number of carbonyl (C=O) groups is 1. The van der Waals surface area contributed by atoms with Crippen LogP contribution in [0.5, 0.6) is 0 Å². The van der Waals surface area contributed by atoms with Gasteiger partial charge in [0.2, 0.25) is 0 Å².